The smallest absolute Gasteiger partial charge is 0.235 e. The Kier molecular flexibility index (Phi) is 5.15. The van der Waals surface area contributed by atoms with Gasteiger partial charge < -0.3 is 5.32 Å². The number of halogens is 1. The Morgan fingerprint density at radius 2 is 2.27 bits per heavy atom. The average Bonchev–Trinajstić information content (AvgIpc) is 3.31. The van der Waals surface area contributed by atoms with E-state index in [2.05, 4.69) is 11.4 Å². The molecule has 5 heteroatoms. The third-order valence-electron chi connectivity index (χ3n) is 4.13. The lowest BCUT2D eigenvalue weighted by Gasteiger charge is -2.26. The number of nitriles is 1. The number of carbonyl (C=O) groups excluding carboxylic acids is 1. The summed E-state index contributed by atoms with van der Waals surface area (Å²) in [5.74, 6) is -0.169. The van der Waals surface area contributed by atoms with Gasteiger partial charge in [-0.1, -0.05) is 19.1 Å². The molecule has 0 radical (unpaired) electrons. The maximum absolute atomic E-state index is 13.2. The van der Waals surface area contributed by atoms with E-state index in [1.807, 2.05) is 17.9 Å². The van der Waals surface area contributed by atoms with Crippen LogP contribution in [-0.2, 0) is 11.3 Å². The van der Waals surface area contributed by atoms with Crippen molar-refractivity contribution in [2.75, 3.05) is 13.1 Å². The van der Waals surface area contributed by atoms with E-state index in [0.29, 0.717) is 13.1 Å². The standard InChI is InChI=1S/C17H22FN3O/c1-3-21(10-13-5-4-6-15(18)9-13)11-16(22)20-17(2,12-19)14-7-8-14/h4-6,9,14H,3,7-8,10-11H2,1-2H3,(H,20,22). The summed E-state index contributed by atoms with van der Waals surface area (Å²) in [5.41, 5.74) is 0.0647. The first-order valence-corrected chi connectivity index (χ1v) is 7.66. The maximum Gasteiger partial charge on any atom is 0.235 e. The van der Waals surface area contributed by atoms with Crippen molar-refractivity contribution in [3.8, 4) is 6.07 Å². The van der Waals surface area contributed by atoms with E-state index in [1.54, 1.807) is 13.0 Å². The van der Waals surface area contributed by atoms with Gasteiger partial charge in [0.15, 0.2) is 0 Å². The number of carbonyl (C=O) groups is 1. The first-order chi connectivity index (χ1) is 10.5. The number of hydrogen-bond acceptors (Lipinski definition) is 3. The minimum atomic E-state index is -0.769. The molecule has 22 heavy (non-hydrogen) atoms. The summed E-state index contributed by atoms with van der Waals surface area (Å²) in [6, 6.07) is 8.60. The van der Waals surface area contributed by atoms with Gasteiger partial charge in [0.2, 0.25) is 5.91 Å². The number of rotatable bonds is 7. The summed E-state index contributed by atoms with van der Waals surface area (Å²) >= 11 is 0. The molecule has 0 bridgehead atoms. The number of hydrogen-bond donors (Lipinski definition) is 1. The zero-order valence-corrected chi connectivity index (χ0v) is 13.1. The molecule has 0 heterocycles. The van der Waals surface area contributed by atoms with Gasteiger partial charge in [0.25, 0.3) is 0 Å². The van der Waals surface area contributed by atoms with Crippen molar-refractivity contribution in [1.29, 1.82) is 5.26 Å². The van der Waals surface area contributed by atoms with Crippen molar-refractivity contribution in [3.05, 3.63) is 35.6 Å². The van der Waals surface area contributed by atoms with E-state index in [9.17, 15) is 14.4 Å². The van der Waals surface area contributed by atoms with Gasteiger partial charge in [-0.25, -0.2) is 4.39 Å². The fraction of sp³-hybridized carbons (Fsp3) is 0.529. The Labute approximate surface area is 130 Å². The fourth-order valence-electron chi connectivity index (χ4n) is 2.59. The van der Waals surface area contributed by atoms with Crippen molar-refractivity contribution >= 4 is 5.91 Å². The molecule has 1 N–H and O–H groups in total. The molecule has 0 aromatic heterocycles. The molecule has 1 amide bonds. The second kappa shape index (κ2) is 6.89. The van der Waals surface area contributed by atoms with Crippen LogP contribution in [0.4, 0.5) is 4.39 Å². The lowest BCUT2D eigenvalue weighted by atomic mass is 9.98. The summed E-state index contributed by atoms with van der Waals surface area (Å²) in [6.45, 7) is 5.13. The van der Waals surface area contributed by atoms with Gasteiger partial charge in [0.1, 0.15) is 11.4 Å². The van der Waals surface area contributed by atoms with Gasteiger partial charge in [-0.3, -0.25) is 9.69 Å². The molecule has 0 saturated heterocycles. The van der Waals surface area contributed by atoms with Crippen molar-refractivity contribution in [2.45, 2.75) is 38.8 Å². The van der Waals surface area contributed by atoms with Gasteiger partial charge in [0, 0.05) is 6.54 Å². The Hall–Kier alpha value is -1.93. The largest absolute Gasteiger partial charge is 0.337 e. The predicted octanol–water partition coefficient (Wildman–Crippen LogP) is 2.46. The summed E-state index contributed by atoms with van der Waals surface area (Å²) in [4.78, 5) is 14.1. The molecule has 1 aliphatic carbocycles. The first-order valence-electron chi connectivity index (χ1n) is 7.66. The van der Waals surface area contributed by atoms with Crippen LogP contribution in [0.25, 0.3) is 0 Å². The van der Waals surface area contributed by atoms with Gasteiger partial charge in [-0.15, -0.1) is 0 Å². The van der Waals surface area contributed by atoms with Crippen LogP contribution in [0.5, 0.6) is 0 Å². The first kappa shape index (κ1) is 16.4. The topological polar surface area (TPSA) is 56.1 Å². The maximum atomic E-state index is 13.2. The molecule has 118 valence electrons. The van der Waals surface area contributed by atoms with Crippen LogP contribution in [0.15, 0.2) is 24.3 Å². The van der Waals surface area contributed by atoms with Crippen molar-refractivity contribution in [3.63, 3.8) is 0 Å². The highest BCUT2D eigenvalue weighted by Gasteiger charge is 2.43. The highest BCUT2D eigenvalue weighted by Crippen LogP contribution is 2.39. The van der Waals surface area contributed by atoms with Crippen LogP contribution in [0, 0.1) is 23.1 Å². The summed E-state index contributed by atoms with van der Waals surface area (Å²) in [5, 5.41) is 12.1. The number of benzene rings is 1. The predicted molar refractivity (Wildman–Crippen MR) is 82.2 cm³/mol. The molecule has 1 atom stereocenters. The summed E-state index contributed by atoms with van der Waals surface area (Å²) in [7, 11) is 0. The third kappa shape index (κ3) is 4.28. The second-order valence-electron chi connectivity index (χ2n) is 6.07. The van der Waals surface area contributed by atoms with Gasteiger partial charge in [-0.2, -0.15) is 5.26 Å². The molecular formula is C17H22FN3O. The number of nitrogens with zero attached hydrogens (tertiary/aromatic N) is 2. The van der Waals surface area contributed by atoms with E-state index in [0.717, 1.165) is 18.4 Å². The molecule has 1 aromatic rings. The molecule has 1 fully saturated rings. The molecule has 1 saturated carbocycles. The van der Waals surface area contributed by atoms with Gasteiger partial charge in [-0.05, 0) is 49.9 Å². The third-order valence-corrected chi connectivity index (χ3v) is 4.13. The minimum Gasteiger partial charge on any atom is -0.337 e. The summed E-state index contributed by atoms with van der Waals surface area (Å²) < 4.78 is 13.2. The lowest BCUT2D eigenvalue weighted by molar-refractivity contribution is -0.123. The van der Waals surface area contributed by atoms with E-state index in [1.165, 1.54) is 12.1 Å². The summed E-state index contributed by atoms with van der Waals surface area (Å²) in [6.07, 6.45) is 1.98. The fourth-order valence-corrected chi connectivity index (χ4v) is 2.59. The highest BCUT2D eigenvalue weighted by molar-refractivity contribution is 5.79. The van der Waals surface area contributed by atoms with Gasteiger partial charge >= 0.3 is 0 Å². The molecule has 0 aliphatic heterocycles. The Bertz CT molecular complexity index is 580. The lowest BCUT2D eigenvalue weighted by Crippen LogP contribution is -2.50. The monoisotopic (exact) mass is 303 g/mol. The van der Waals surface area contributed by atoms with Crippen LogP contribution in [0.1, 0.15) is 32.3 Å². The molecule has 1 aromatic carbocycles. The van der Waals surface area contributed by atoms with Crippen LogP contribution in [0.3, 0.4) is 0 Å². The Morgan fingerprint density at radius 3 is 2.82 bits per heavy atom. The van der Waals surface area contributed by atoms with E-state index in [-0.39, 0.29) is 24.2 Å². The normalized spacial score (nSPS) is 16.9. The average molecular weight is 303 g/mol. The number of nitrogens with one attached hydrogen (secondary N) is 1. The molecule has 0 spiro atoms. The highest BCUT2D eigenvalue weighted by atomic mass is 19.1. The van der Waals surface area contributed by atoms with E-state index in [4.69, 9.17) is 0 Å². The molecule has 1 unspecified atom stereocenters. The quantitative estimate of drug-likeness (QED) is 0.842. The zero-order chi connectivity index (χ0) is 16.2. The van der Waals surface area contributed by atoms with E-state index < -0.39 is 5.54 Å². The Balaban J connectivity index is 1.92. The van der Waals surface area contributed by atoms with Crippen LogP contribution in [-0.4, -0.2) is 29.4 Å². The SMILES string of the molecule is CCN(CC(=O)NC(C)(C#N)C1CC1)Cc1cccc(F)c1. The van der Waals surface area contributed by atoms with Crippen LogP contribution >= 0.6 is 0 Å². The number of likely N-dealkylation sites (N-methyl/N-ethyl adjacent to an activating group) is 1. The van der Waals surface area contributed by atoms with Crippen LogP contribution in [0.2, 0.25) is 0 Å². The molecule has 2 rings (SSSR count). The molecular weight excluding hydrogens is 281 g/mol. The van der Waals surface area contributed by atoms with Gasteiger partial charge in [0.05, 0.1) is 12.6 Å². The zero-order valence-electron chi connectivity index (χ0n) is 13.1. The van der Waals surface area contributed by atoms with Crippen LogP contribution < -0.4 is 5.32 Å². The Morgan fingerprint density at radius 1 is 1.55 bits per heavy atom. The van der Waals surface area contributed by atoms with Crippen molar-refractivity contribution in [1.82, 2.24) is 10.2 Å². The van der Waals surface area contributed by atoms with Crippen molar-refractivity contribution < 1.29 is 9.18 Å². The number of amides is 1. The molecule has 4 nitrogen and oxygen atoms in total. The van der Waals surface area contributed by atoms with E-state index >= 15 is 0 Å². The minimum absolute atomic E-state index is 0.158. The molecule has 1 aliphatic rings. The van der Waals surface area contributed by atoms with Crippen molar-refractivity contribution in [2.24, 2.45) is 5.92 Å². The second-order valence-corrected chi connectivity index (χ2v) is 6.07.